The summed E-state index contributed by atoms with van der Waals surface area (Å²) in [5.41, 5.74) is 0.539. The molecule has 1 heterocycles. The Hall–Kier alpha value is -3.49. The van der Waals surface area contributed by atoms with Gasteiger partial charge in [0.15, 0.2) is 0 Å². The van der Waals surface area contributed by atoms with Crippen molar-refractivity contribution in [3.8, 4) is 0 Å². The van der Waals surface area contributed by atoms with Gasteiger partial charge in [0.05, 0.1) is 17.2 Å². The van der Waals surface area contributed by atoms with Gasteiger partial charge in [-0.1, -0.05) is 35.3 Å². The summed E-state index contributed by atoms with van der Waals surface area (Å²) < 4.78 is 4.82. The van der Waals surface area contributed by atoms with Gasteiger partial charge in [-0.3, -0.25) is 5.32 Å². The van der Waals surface area contributed by atoms with Crippen LogP contribution in [0.25, 0.3) is 22.6 Å². The number of ether oxygens (including phenoxy) is 1. The number of carbonyl (C=O) groups excluding carboxylic acids is 1. The van der Waals surface area contributed by atoms with Crippen LogP contribution < -0.4 is 5.32 Å². The number of halogens is 2. The zero-order chi connectivity index (χ0) is 22.7. The van der Waals surface area contributed by atoms with Gasteiger partial charge in [0, 0.05) is 27.2 Å². The summed E-state index contributed by atoms with van der Waals surface area (Å²) in [5, 5.41) is 22.7. The third-order valence-corrected chi connectivity index (χ3v) is 4.80. The molecule has 2 aromatic carbocycles. The van der Waals surface area contributed by atoms with Gasteiger partial charge in [-0.05, 0) is 42.8 Å². The summed E-state index contributed by atoms with van der Waals surface area (Å²) in [6, 6.07) is 9.00. The van der Waals surface area contributed by atoms with Crippen LogP contribution in [0.4, 0.5) is 10.5 Å². The Kier molecular flexibility index (Phi) is 6.53. The molecule has 0 unspecified atom stereocenters. The maximum absolute atomic E-state index is 12.0. The number of aliphatic carboxylic acids is 1. The minimum absolute atomic E-state index is 0.0883. The summed E-state index contributed by atoms with van der Waals surface area (Å²) in [5.74, 6) is -2.60. The van der Waals surface area contributed by atoms with E-state index in [9.17, 15) is 24.6 Å². The summed E-state index contributed by atoms with van der Waals surface area (Å²) in [6.07, 6.45) is 0.530. The van der Waals surface area contributed by atoms with Crippen molar-refractivity contribution in [2.75, 3.05) is 11.9 Å². The average Bonchev–Trinajstić information content (AvgIpc) is 3.05. The van der Waals surface area contributed by atoms with Gasteiger partial charge < -0.3 is 19.9 Å². The lowest BCUT2D eigenvalue weighted by Crippen LogP contribution is -2.13. The maximum Gasteiger partial charge on any atom is 0.411 e. The zero-order valence-corrected chi connectivity index (χ0v) is 17.5. The molecule has 0 atom stereocenters. The predicted octanol–water partition coefficient (Wildman–Crippen LogP) is 5.37. The van der Waals surface area contributed by atoms with Crippen LogP contribution >= 0.6 is 23.2 Å². The van der Waals surface area contributed by atoms with E-state index in [2.05, 4.69) is 10.3 Å². The van der Waals surface area contributed by atoms with E-state index < -0.39 is 18.0 Å². The lowest BCUT2D eigenvalue weighted by atomic mass is 10.0. The second-order valence-electron chi connectivity index (χ2n) is 6.32. The largest absolute Gasteiger partial charge is 0.478 e. The lowest BCUT2D eigenvalue weighted by molar-refractivity contribution is -0.130. The van der Waals surface area contributed by atoms with Crippen LogP contribution in [0.1, 0.15) is 28.5 Å². The zero-order valence-electron chi connectivity index (χ0n) is 16.0. The van der Waals surface area contributed by atoms with Crippen LogP contribution in [0.2, 0.25) is 10.0 Å². The first-order valence-electron chi connectivity index (χ1n) is 8.94. The first-order chi connectivity index (χ1) is 14.7. The molecule has 0 saturated carbocycles. The molecule has 0 fully saturated rings. The van der Waals surface area contributed by atoms with Crippen molar-refractivity contribution in [1.82, 2.24) is 4.98 Å². The van der Waals surface area contributed by atoms with Gasteiger partial charge in [-0.25, -0.2) is 14.4 Å². The molecule has 160 valence electrons. The highest BCUT2D eigenvalue weighted by Gasteiger charge is 2.21. The van der Waals surface area contributed by atoms with Crippen molar-refractivity contribution in [3.63, 3.8) is 0 Å². The minimum Gasteiger partial charge on any atom is -0.478 e. The number of hydrogen-bond acceptors (Lipinski definition) is 4. The minimum atomic E-state index is -1.30. The molecule has 0 aliphatic heterocycles. The van der Waals surface area contributed by atoms with E-state index in [0.29, 0.717) is 21.6 Å². The van der Waals surface area contributed by atoms with Crippen molar-refractivity contribution < 1.29 is 29.3 Å². The highest BCUT2D eigenvalue weighted by molar-refractivity contribution is 6.39. The third-order valence-electron chi connectivity index (χ3n) is 4.28. The second-order valence-corrected chi connectivity index (χ2v) is 7.16. The average molecular weight is 463 g/mol. The predicted molar refractivity (Wildman–Crippen MR) is 118 cm³/mol. The molecule has 0 aliphatic rings. The monoisotopic (exact) mass is 462 g/mol. The van der Waals surface area contributed by atoms with Crippen LogP contribution in [-0.2, 0) is 9.53 Å². The molecular formula is C21H16Cl2N2O6. The number of carboxylic acids is 2. The number of carboxylic acid groups (broad SMARTS) is 2. The number of nitrogens with one attached hydrogen (secondary N) is 2. The van der Waals surface area contributed by atoms with E-state index in [0.717, 1.165) is 0 Å². The molecule has 0 bridgehead atoms. The molecule has 31 heavy (non-hydrogen) atoms. The number of H-pyrrole nitrogens is 1. The topological polar surface area (TPSA) is 129 Å². The highest BCUT2D eigenvalue weighted by atomic mass is 35.5. The molecule has 1 amide bonds. The molecule has 10 heteroatoms. The van der Waals surface area contributed by atoms with Gasteiger partial charge in [-0.2, -0.15) is 0 Å². The Bertz CT molecular complexity index is 1230. The fourth-order valence-electron chi connectivity index (χ4n) is 3.05. The van der Waals surface area contributed by atoms with E-state index in [4.69, 9.17) is 27.9 Å². The first kappa shape index (κ1) is 22.2. The number of benzene rings is 2. The Morgan fingerprint density at radius 1 is 1.16 bits per heavy atom. The molecule has 1 aromatic heterocycles. The number of fused-ring (bicyclic) bond motifs is 1. The summed E-state index contributed by atoms with van der Waals surface area (Å²) >= 11 is 12.3. The molecular weight excluding hydrogens is 447 g/mol. The Morgan fingerprint density at radius 2 is 1.90 bits per heavy atom. The molecule has 0 radical (unpaired) electrons. The Morgan fingerprint density at radius 3 is 2.55 bits per heavy atom. The van der Waals surface area contributed by atoms with Crippen LogP contribution in [0.15, 0.2) is 36.4 Å². The van der Waals surface area contributed by atoms with Crippen LogP contribution in [0.5, 0.6) is 0 Å². The van der Waals surface area contributed by atoms with Crippen LogP contribution in [0, 0.1) is 0 Å². The van der Waals surface area contributed by atoms with Gasteiger partial charge in [-0.15, -0.1) is 0 Å². The van der Waals surface area contributed by atoms with Gasteiger partial charge in [0.25, 0.3) is 0 Å². The quantitative estimate of drug-likeness (QED) is 0.364. The summed E-state index contributed by atoms with van der Waals surface area (Å²) in [6.45, 7) is 1.83. The maximum atomic E-state index is 12.0. The number of aromatic nitrogens is 1. The SMILES string of the molecule is CCOC(=O)Nc1cccc(/C(=C\c2c(C(=O)O)[nH]c3cc(Cl)cc(Cl)c23)C(=O)O)c1. The smallest absolute Gasteiger partial charge is 0.411 e. The standard InChI is InChI=1S/C21H16Cl2N2O6/c1-2-31-21(30)24-12-5-3-4-10(6-12)13(19(26)27)9-14-17-15(23)7-11(22)8-16(17)25-18(14)20(28)29/h3-9,25H,2H2,1H3,(H,24,30)(H,26,27)(H,28,29)/b13-9+. The summed E-state index contributed by atoms with van der Waals surface area (Å²) in [4.78, 5) is 38.2. The van der Waals surface area contributed by atoms with Crippen molar-refractivity contribution >= 4 is 69.5 Å². The number of amides is 1. The van der Waals surface area contributed by atoms with E-state index in [1.807, 2.05) is 0 Å². The Balaban J connectivity index is 2.17. The fraction of sp³-hybridized carbons (Fsp3) is 0.0952. The molecule has 0 aliphatic carbocycles. The molecule has 0 spiro atoms. The number of hydrogen-bond donors (Lipinski definition) is 4. The Labute approximate surface area is 186 Å². The molecule has 0 saturated heterocycles. The molecule has 3 aromatic rings. The molecule has 3 rings (SSSR count). The number of carbonyl (C=O) groups is 3. The number of aromatic amines is 1. The molecule has 8 nitrogen and oxygen atoms in total. The number of aromatic carboxylic acids is 1. The van der Waals surface area contributed by atoms with E-state index in [-0.39, 0.29) is 34.0 Å². The van der Waals surface area contributed by atoms with Crippen molar-refractivity contribution in [3.05, 3.63) is 63.3 Å². The van der Waals surface area contributed by atoms with E-state index in [1.54, 1.807) is 19.1 Å². The van der Waals surface area contributed by atoms with E-state index >= 15 is 0 Å². The van der Waals surface area contributed by atoms with Gasteiger partial charge in [0.1, 0.15) is 5.69 Å². The summed E-state index contributed by atoms with van der Waals surface area (Å²) in [7, 11) is 0. The van der Waals surface area contributed by atoms with Crippen LogP contribution in [-0.4, -0.2) is 39.8 Å². The second kappa shape index (κ2) is 9.11. The third kappa shape index (κ3) is 4.82. The normalized spacial score (nSPS) is 11.4. The van der Waals surface area contributed by atoms with E-state index in [1.165, 1.54) is 30.3 Å². The highest BCUT2D eigenvalue weighted by Crippen LogP contribution is 2.35. The van der Waals surface area contributed by atoms with Gasteiger partial charge in [0.2, 0.25) is 0 Å². The van der Waals surface area contributed by atoms with Crippen molar-refractivity contribution in [2.24, 2.45) is 0 Å². The fourth-order valence-corrected chi connectivity index (χ4v) is 3.64. The number of rotatable bonds is 6. The van der Waals surface area contributed by atoms with Crippen LogP contribution in [0.3, 0.4) is 0 Å². The van der Waals surface area contributed by atoms with Gasteiger partial charge >= 0.3 is 18.0 Å². The molecule has 4 N–H and O–H groups in total. The lowest BCUT2D eigenvalue weighted by Gasteiger charge is -2.08. The number of anilines is 1. The van der Waals surface area contributed by atoms with Crippen molar-refractivity contribution in [2.45, 2.75) is 6.92 Å². The first-order valence-corrected chi connectivity index (χ1v) is 9.70. The van der Waals surface area contributed by atoms with Crippen molar-refractivity contribution in [1.29, 1.82) is 0 Å².